The molecule has 1 heteroatoms. The van der Waals surface area contributed by atoms with Gasteiger partial charge in [0.2, 0.25) is 0 Å². The van der Waals surface area contributed by atoms with Gasteiger partial charge in [-0.25, -0.2) is 0 Å². The maximum atomic E-state index is 4.45. The SMILES string of the molecule is C1=Cc2c(ccc3ccccc23)N=CC1. The maximum Gasteiger partial charge on any atom is 0.0704 e. The van der Waals surface area contributed by atoms with Gasteiger partial charge in [0, 0.05) is 18.2 Å². The molecule has 0 spiro atoms. The summed E-state index contributed by atoms with van der Waals surface area (Å²) in [4.78, 5) is 4.45. The number of benzene rings is 2. The van der Waals surface area contributed by atoms with E-state index in [1.165, 1.54) is 16.3 Å². The van der Waals surface area contributed by atoms with E-state index in [9.17, 15) is 0 Å². The van der Waals surface area contributed by atoms with Crippen LogP contribution in [0.1, 0.15) is 12.0 Å². The quantitative estimate of drug-likeness (QED) is 0.600. The van der Waals surface area contributed by atoms with E-state index in [-0.39, 0.29) is 0 Å². The standard InChI is InChI=1S/C14H11N/c1-2-6-12-11(5-1)8-9-14-13(12)7-3-4-10-15-14/h1-3,5-10H,4H2. The molecule has 2 aromatic carbocycles. The van der Waals surface area contributed by atoms with Crippen molar-refractivity contribution >= 4 is 28.8 Å². The molecular weight excluding hydrogens is 182 g/mol. The molecule has 72 valence electrons. The van der Waals surface area contributed by atoms with E-state index in [1.54, 1.807) is 0 Å². The molecular formula is C14H11N. The molecule has 0 saturated carbocycles. The Bertz CT molecular complexity index is 565. The number of hydrogen-bond donors (Lipinski definition) is 0. The van der Waals surface area contributed by atoms with Gasteiger partial charge in [-0.3, -0.25) is 4.99 Å². The van der Waals surface area contributed by atoms with Crippen LogP contribution in [0.5, 0.6) is 0 Å². The van der Waals surface area contributed by atoms with Crippen molar-refractivity contribution in [3.05, 3.63) is 48.0 Å². The molecule has 1 aliphatic heterocycles. The highest BCUT2D eigenvalue weighted by molar-refractivity contribution is 5.96. The molecule has 2 aromatic rings. The Morgan fingerprint density at radius 1 is 1.00 bits per heavy atom. The Morgan fingerprint density at radius 3 is 2.93 bits per heavy atom. The lowest BCUT2D eigenvalue weighted by Crippen LogP contribution is -1.78. The third-order valence-electron chi connectivity index (χ3n) is 2.70. The molecule has 1 aliphatic rings. The fourth-order valence-electron chi connectivity index (χ4n) is 1.97. The Balaban J connectivity index is 2.42. The highest BCUT2D eigenvalue weighted by atomic mass is 14.7. The van der Waals surface area contributed by atoms with E-state index in [1.807, 2.05) is 6.21 Å². The topological polar surface area (TPSA) is 12.4 Å². The molecule has 0 bridgehead atoms. The van der Waals surface area contributed by atoms with Crippen molar-refractivity contribution in [2.75, 3.05) is 0 Å². The summed E-state index contributed by atoms with van der Waals surface area (Å²) in [6.45, 7) is 0. The van der Waals surface area contributed by atoms with Crippen LogP contribution in [0.4, 0.5) is 5.69 Å². The van der Waals surface area contributed by atoms with E-state index >= 15 is 0 Å². The number of nitrogens with zero attached hydrogens (tertiary/aromatic N) is 1. The Labute approximate surface area is 88.8 Å². The average Bonchev–Trinajstić information content (AvgIpc) is 2.54. The molecule has 0 fully saturated rings. The molecule has 1 heterocycles. The Hall–Kier alpha value is -1.89. The van der Waals surface area contributed by atoms with Gasteiger partial charge in [-0.2, -0.15) is 0 Å². The second-order valence-corrected chi connectivity index (χ2v) is 3.67. The van der Waals surface area contributed by atoms with Gasteiger partial charge in [-0.15, -0.1) is 0 Å². The van der Waals surface area contributed by atoms with Gasteiger partial charge in [0.1, 0.15) is 0 Å². The average molecular weight is 193 g/mol. The number of rotatable bonds is 0. The van der Waals surface area contributed by atoms with Crippen molar-refractivity contribution in [2.24, 2.45) is 4.99 Å². The number of hydrogen-bond acceptors (Lipinski definition) is 1. The zero-order valence-corrected chi connectivity index (χ0v) is 8.35. The first-order valence-corrected chi connectivity index (χ1v) is 5.16. The normalized spacial score (nSPS) is 13.9. The van der Waals surface area contributed by atoms with E-state index in [0.717, 1.165) is 12.1 Å². The monoisotopic (exact) mass is 193 g/mol. The summed E-state index contributed by atoms with van der Waals surface area (Å²) >= 11 is 0. The van der Waals surface area contributed by atoms with Gasteiger partial charge in [-0.1, -0.05) is 42.5 Å². The van der Waals surface area contributed by atoms with Crippen LogP contribution in [0, 0.1) is 0 Å². The van der Waals surface area contributed by atoms with Gasteiger partial charge in [0.05, 0.1) is 5.69 Å². The van der Waals surface area contributed by atoms with Crippen LogP contribution in [0.2, 0.25) is 0 Å². The predicted molar refractivity (Wildman–Crippen MR) is 65.8 cm³/mol. The van der Waals surface area contributed by atoms with Gasteiger partial charge in [-0.05, 0) is 16.8 Å². The van der Waals surface area contributed by atoms with Gasteiger partial charge >= 0.3 is 0 Å². The fourth-order valence-corrected chi connectivity index (χ4v) is 1.97. The minimum Gasteiger partial charge on any atom is -0.260 e. The van der Waals surface area contributed by atoms with Crippen LogP contribution in [-0.4, -0.2) is 6.21 Å². The zero-order valence-electron chi connectivity index (χ0n) is 8.35. The fraction of sp³-hybridized carbons (Fsp3) is 0.0714. The molecule has 0 N–H and O–H groups in total. The molecule has 1 nitrogen and oxygen atoms in total. The second-order valence-electron chi connectivity index (χ2n) is 3.67. The molecule has 15 heavy (non-hydrogen) atoms. The molecule has 0 aliphatic carbocycles. The van der Waals surface area contributed by atoms with Crippen molar-refractivity contribution in [1.82, 2.24) is 0 Å². The molecule has 0 unspecified atom stereocenters. The molecule has 3 rings (SSSR count). The van der Waals surface area contributed by atoms with Crippen molar-refractivity contribution in [1.29, 1.82) is 0 Å². The lowest BCUT2D eigenvalue weighted by atomic mass is 10.0. The minimum absolute atomic E-state index is 0.920. The second kappa shape index (κ2) is 3.35. The summed E-state index contributed by atoms with van der Waals surface area (Å²) in [6.07, 6.45) is 7.20. The van der Waals surface area contributed by atoms with Crippen LogP contribution in [0.25, 0.3) is 16.8 Å². The lowest BCUT2D eigenvalue weighted by Gasteiger charge is -2.04. The Kier molecular flexibility index (Phi) is 1.88. The third-order valence-corrected chi connectivity index (χ3v) is 2.70. The molecule has 0 amide bonds. The number of allylic oxidation sites excluding steroid dienone is 1. The Morgan fingerprint density at radius 2 is 1.93 bits per heavy atom. The molecule has 0 saturated heterocycles. The number of fused-ring (bicyclic) bond motifs is 3. The van der Waals surface area contributed by atoms with E-state index in [4.69, 9.17) is 0 Å². The maximum absolute atomic E-state index is 4.45. The summed E-state index contributed by atoms with van der Waals surface area (Å²) in [5, 5.41) is 2.56. The van der Waals surface area contributed by atoms with E-state index in [0.29, 0.717) is 0 Å². The van der Waals surface area contributed by atoms with Gasteiger partial charge < -0.3 is 0 Å². The highest BCUT2D eigenvalue weighted by Crippen LogP contribution is 2.30. The van der Waals surface area contributed by atoms with E-state index < -0.39 is 0 Å². The largest absolute Gasteiger partial charge is 0.260 e. The van der Waals surface area contributed by atoms with E-state index in [2.05, 4.69) is 53.5 Å². The van der Waals surface area contributed by atoms with Crippen molar-refractivity contribution in [2.45, 2.75) is 6.42 Å². The molecule has 0 atom stereocenters. The summed E-state index contributed by atoms with van der Waals surface area (Å²) in [7, 11) is 0. The van der Waals surface area contributed by atoms with Gasteiger partial charge in [0.15, 0.2) is 0 Å². The lowest BCUT2D eigenvalue weighted by molar-refractivity contribution is 1.50. The van der Waals surface area contributed by atoms with Crippen LogP contribution in [0.3, 0.4) is 0 Å². The van der Waals surface area contributed by atoms with Crippen molar-refractivity contribution in [3.63, 3.8) is 0 Å². The van der Waals surface area contributed by atoms with Crippen LogP contribution in [0.15, 0.2) is 47.5 Å². The summed E-state index contributed by atoms with van der Waals surface area (Å²) in [5.74, 6) is 0. The van der Waals surface area contributed by atoms with Crippen LogP contribution in [-0.2, 0) is 0 Å². The number of aliphatic imine (C=N–C) groups is 1. The summed E-state index contributed by atoms with van der Waals surface area (Å²) in [6, 6.07) is 12.6. The first-order valence-electron chi connectivity index (χ1n) is 5.16. The molecule has 0 aromatic heterocycles. The van der Waals surface area contributed by atoms with Crippen LogP contribution < -0.4 is 0 Å². The predicted octanol–water partition coefficient (Wildman–Crippen LogP) is 3.96. The smallest absolute Gasteiger partial charge is 0.0704 e. The highest BCUT2D eigenvalue weighted by Gasteiger charge is 2.04. The van der Waals surface area contributed by atoms with Gasteiger partial charge in [0.25, 0.3) is 0 Å². The zero-order chi connectivity index (χ0) is 10.1. The minimum atomic E-state index is 0.920. The van der Waals surface area contributed by atoms with Crippen molar-refractivity contribution < 1.29 is 0 Å². The first-order chi connectivity index (χ1) is 7.45. The summed E-state index contributed by atoms with van der Waals surface area (Å²) < 4.78 is 0. The van der Waals surface area contributed by atoms with Crippen LogP contribution >= 0.6 is 0 Å². The third kappa shape index (κ3) is 1.37. The molecule has 0 radical (unpaired) electrons. The van der Waals surface area contributed by atoms with Crippen molar-refractivity contribution in [3.8, 4) is 0 Å². The summed E-state index contributed by atoms with van der Waals surface area (Å²) in [5.41, 5.74) is 2.31. The first kappa shape index (κ1) is 8.42.